The highest BCUT2D eigenvalue weighted by molar-refractivity contribution is 6.32. The number of nitrogens with zero attached hydrogens (tertiary/aromatic N) is 3. The molecule has 3 aromatic rings. The number of benzene rings is 1. The highest BCUT2D eigenvalue weighted by Gasteiger charge is 2.32. The Morgan fingerprint density at radius 3 is 1.97 bits per heavy atom. The van der Waals surface area contributed by atoms with Crippen LogP contribution in [0.1, 0.15) is 186 Å². The molecule has 1 aromatic carbocycles. The van der Waals surface area contributed by atoms with E-state index in [1.165, 1.54) is 19.8 Å². The Labute approximate surface area is 365 Å². The monoisotopic (exact) mass is 858 g/mol. The Hall–Kier alpha value is -3.85. The minimum atomic E-state index is -4.55. The number of hydrogen-bond acceptors (Lipinski definition) is 5. The predicted octanol–water partition coefficient (Wildman–Crippen LogP) is 13.3. The second-order valence-electron chi connectivity index (χ2n) is 16.0. The van der Waals surface area contributed by atoms with Crippen molar-refractivity contribution >= 4 is 41.1 Å². The van der Waals surface area contributed by atoms with Crippen LogP contribution in [0.4, 0.5) is 13.2 Å². The first-order valence-corrected chi connectivity index (χ1v) is 22.3. The first kappa shape index (κ1) is 56.1. The van der Waals surface area contributed by atoms with Gasteiger partial charge in [-0.2, -0.15) is 13.2 Å². The van der Waals surface area contributed by atoms with Crippen molar-refractivity contribution in [2.24, 2.45) is 17.8 Å². The molecule has 0 radical (unpaired) electrons. The van der Waals surface area contributed by atoms with Crippen LogP contribution in [0.15, 0.2) is 42.1 Å². The van der Waals surface area contributed by atoms with Crippen LogP contribution in [-0.4, -0.2) is 32.4 Å². The van der Waals surface area contributed by atoms with Gasteiger partial charge in [0.15, 0.2) is 5.78 Å². The molecule has 0 bridgehead atoms. The molecule has 10 heteroatoms. The summed E-state index contributed by atoms with van der Waals surface area (Å²) in [7, 11) is 0. The molecule has 336 valence electrons. The summed E-state index contributed by atoms with van der Waals surface area (Å²) in [5.41, 5.74) is 3.79. The third kappa shape index (κ3) is 19.7. The summed E-state index contributed by atoms with van der Waals surface area (Å²) in [5, 5.41) is 1.39. The van der Waals surface area contributed by atoms with Gasteiger partial charge in [0.05, 0.1) is 27.0 Å². The number of aryl methyl sites for hydroxylation is 2. The van der Waals surface area contributed by atoms with Crippen LogP contribution in [0.25, 0.3) is 11.6 Å². The van der Waals surface area contributed by atoms with Gasteiger partial charge in [-0.15, -0.1) is 0 Å². The molecule has 60 heavy (non-hydrogen) atoms. The fraction of sp³-hybridized carbons (Fsp3) is 0.580. The number of carbonyl (C=O) groups is 3. The maximum Gasteiger partial charge on any atom is 0.417 e. The van der Waals surface area contributed by atoms with E-state index in [1.807, 2.05) is 66.7 Å². The van der Waals surface area contributed by atoms with E-state index in [0.29, 0.717) is 29.2 Å². The zero-order valence-corrected chi connectivity index (χ0v) is 40.0. The number of rotatable bonds is 17. The van der Waals surface area contributed by atoms with Gasteiger partial charge in [0.25, 0.3) is 0 Å². The summed E-state index contributed by atoms with van der Waals surface area (Å²) >= 11 is 6.46. The summed E-state index contributed by atoms with van der Waals surface area (Å²) < 4.78 is 42.2. The average molecular weight is 859 g/mol. The van der Waals surface area contributed by atoms with Gasteiger partial charge in [0.1, 0.15) is 17.9 Å². The summed E-state index contributed by atoms with van der Waals surface area (Å²) in [6.45, 7) is 28.9. The molecular weight excluding hydrogens is 783 g/mol. The maximum atomic E-state index is 13.4. The molecule has 0 saturated heterocycles. The van der Waals surface area contributed by atoms with Gasteiger partial charge in [0, 0.05) is 42.6 Å². The summed E-state index contributed by atoms with van der Waals surface area (Å²) in [5.74, 6) is 2.83. The number of aldehydes is 1. The van der Waals surface area contributed by atoms with Crippen molar-refractivity contribution in [1.29, 1.82) is 0 Å². The summed E-state index contributed by atoms with van der Waals surface area (Å²) in [6.07, 6.45) is 10.5. The highest BCUT2D eigenvalue weighted by atomic mass is 35.5. The second kappa shape index (κ2) is 29.4. The fourth-order valence-corrected chi connectivity index (χ4v) is 6.31. The van der Waals surface area contributed by atoms with Crippen LogP contribution in [-0.2, 0) is 28.7 Å². The fourth-order valence-electron chi connectivity index (χ4n) is 6.05. The van der Waals surface area contributed by atoms with E-state index in [4.69, 9.17) is 21.4 Å². The lowest BCUT2D eigenvalue weighted by atomic mass is 9.93. The Kier molecular flexibility index (Phi) is 27.5. The maximum absolute atomic E-state index is 13.4. The van der Waals surface area contributed by atoms with E-state index in [0.717, 1.165) is 109 Å². The molecule has 0 N–H and O–H groups in total. The molecule has 0 unspecified atom stereocenters. The lowest BCUT2D eigenvalue weighted by Gasteiger charge is -2.13. The third-order valence-corrected chi connectivity index (χ3v) is 10.2. The molecule has 6 nitrogen and oxygen atoms in total. The molecule has 0 saturated carbocycles. The molecule has 0 aliphatic heterocycles. The molecule has 2 aromatic heterocycles. The Bertz CT molecular complexity index is 1920. The van der Waals surface area contributed by atoms with Gasteiger partial charge >= 0.3 is 6.18 Å². The van der Waals surface area contributed by atoms with E-state index >= 15 is 0 Å². The van der Waals surface area contributed by atoms with Gasteiger partial charge in [-0.3, -0.25) is 14.6 Å². The van der Waals surface area contributed by atoms with Crippen molar-refractivity contribution in [1.82, 2.24) is 14.5 Å². The van der Waals surface area contributed by atoms with Gasteiger partial charge in [-0.25, -0.2) is 4.98 Å². The topological polar surface area (TPSA) is 81.9 Å². The van der Waals surface area contributed by atoms with Gasteiger partial charge in [0.2, 0.25) is 0 Å². The molecule has 0 aliphatic carbocycles. The van der Waals surface area contributed by atoms with Crippen molar-refractivity contribution in [3.05, 3.63) is 91.6 Å². The van der Waals surface area contributed by atoms with Crippen LogP contribution in [0, 0.1) is 24.7 Å². The zero-order chi connectivity index (χ0) is 46.2. The highest BCUT2D eigenvalue weighted by Crippen LogP contribution is 2.33. The second-order valence-corrected chi connectivity index (χ2v) is 16.4. The molecular formula is C50H75ClF3N3O3. The lowest BCUT2D eigenvalue weighted by Crippen LogP contribution is -2.33. The van der Waals surface area contributed by atoms with E-state index < -0.39 is 11.7 Å². The average Bonchev–Trinajstić information content (AvgIpc) is 3.49. The minimum Gasteiger partial charge on any atom is -0.324 e. The number of carbonyl (C=O) groups excluding carboxylic acids is 3. The molecule has 0 spiro atoms. The lowest BCUT2D eigenvalue weighted by molar-refractivity contribution is -0.137. The quantitative estimate of drug-likeness (QED) is 0.0997. The predicted molar refractivity (Wildman–Crippen MR) is 246 cm³/mol. The Morgan fingerprint density at radius 1 is 0.917 bits per heavy atom. The van der Waals surface area contributed by atoms with Crippen LogP contribution in [0.2, 0.25) is 5.02 Å². The number of hydrogen-bond donors (Lipinski definition) is 0. The number of pyridine rings is 1. The Balaban J connectivity index is 0.00000152. The normalized spacial score (nSPS) is 12.3. The number of alkyl halides is 3. The number of aromatic nitrogens is 3. The van der Waals surface area contributed by atoms with Gasteiger partial charge < -0.3 is 9.36 Å². The molecule has 0 amide bonds. The van der Waals surface area contributed by atoms with Crippen molar-refractivity contribution < 1.29 is 27.6 Å². The van der Waals surface area contributed by atoms with Crippen LogP contribution in [0.5, 0.6) is 0 Å². The van der Waals surface area contributed by atoms with Crippen LogP contribution >= 0.6 is 11.6 Å². The summed E-state index contributed by atoms with van der Waals surface area (Å²) in [6, 6.07) is 6.89. The van der Waals surface area contributed by atoms with E-state index in [2.05, 4.69) is 63.2 Å². The van der Waals surface area contributed by atoms with Crippen molar-refractivity contribution in [3.63, 3.8) is 0 Å². The number of Topliss-reactive ketones (excluding diaryl/α,β-unsaturated/α-hetero) is 2. The van der Waals surface area contributed by atoms with Gasteiger partial charge in [-0.1, -0.05) is 143 Å². The number of halogens is 4. The largest absolute Gasteiger partial charge is 0.417 e. The van der Waals surface area contributed by atoms with E-state index in [1.54, 1.807) is 0 Å². The molecule has 0 fully saturated rings. The molecule has 3 rings (SSSR count). The van der Waals surface area contributed by atoms with Crippen molar-refractivity contribution in [2.45, 2.75) is 174 Å². The van der Waals surface area contributed by atoms with Crippen molar-refractivity contribution in [3.8, 4) is 0 Å². The minimum absolute atomic E-state index is 0.0805. The van der Waals surface area contributed by atoms with E-state index in [9.17, 15) is 22.8 Å². The molecule has 2 heterocycles. The summed E-state index contributed by atoms with van der Waals surface area (Å²) in [4.78, 5) is 41.6. The smallest absolute Gasteiger partial charge is 0.324 e. The standard InChI is InChI=1S/C33H39ClF3N3O.C9H18O.C6H14.C2H4O/c1-8-11-21(6)15-27(30-28(34)17-25(18-38-30)33(35,36)37)31-29(12-9-2)40(22(7)39-31)19-23-13-14-26(24(10-3)16-23)32(41)20(4)5;1-4-5-9(10)7-6-8(2)3;1-4-6(3)5-2;1-2-3/h12-18,20H,8-11,19H2,1-7H3;8H,4-7H2,1-3H3;6H,4-5H2,1-3H3;2H,1H3/b21-15+,29-12+,31-27-;;;. The van der Waals surface area contributed by atoms with Crippen LogP contribution < -0.4 is 10.7 Å². The molecule has 0 atom stereocenters. The number of allylic oxidation sites excluding steroid dienone is 2. The zero-order valence-electron chi connectivity index (χ0n) is 39.2. The van der Waals surface area contributed by atoms with Crippen molar-refractivity contribution in [2.75, 3.05) is 0 Å². The number of imidazole rings is 1. The third-order valence-electron chi connectivity index (χ3n) is 9.91. The molecule has 0 aliphatic rings. The SMILES string of the molecule is CC=O.CCC(C)CC.CCCC(=O)CCC(C)C.CC\C=c1/c(=C(\C=C(/C)CCC)c2ncc(C(F)(F)F)cc2Cl)nc(C)n1Cc1ccc(C(=O)C(C)C)c(CC)c1. The first-order chi connectivity index (χ1) is 28.2. The number of ketones is 2. The van der Waals surface area contributed by atoms with E-state index in [-0.39, 0.29) is 22.4 Å². The Morgan fingerprint density at radius 2 is 1.52 bits per heavy atom. The first-order valence-electron chi connectivity index (χ1n) is 22.0. The van der Waals surface area contributed by atoms with Crippen LogP contribution in [0.3, 0.4) is 0 Å². The van der Waals surface area contributed by atoms with Gasteiger partial charge in [-0.05, 0) is 81.9 Å².